The fourth-order valence-electron chi connectivity index (χ4n) is 1.29. The third kappa shape index (κ3) is 4.29. The molecule has 6 nitrogen and oxygen atoms in total. The van der Waals surface area contributed by atoms with E-state index in [9.17, 15) is 13.2 Å². The molecule has 0 saturated carbocycles. The second kappa shape index (κ2) is 5.26. The average Bonchev–Trinajstić information content (AvgIpc) is 2.26. The number of anilines is 1. The van der Waals surface area contributed by atoms with Crippen molar-refractivity contribution in [2.45, 2.75) is 31.8 Å². The summed E-state index contributed by atoms with van der Waals surface area (Å²) in [7, 11) is -3.34. The number of aromatic nitrogens is 1. The lowest BCUT2D eigenvalue weighted by atomic mass is 9.87. The Kier molecular flexibility index (Phi) is 4.32. The molecule has 0 fully saturated rings. The summed E-state index contributed by atoms with van der Waals surface area (Å²) in [6.07, 6.45) is 2.37. The van der Waals surface area contributed by atoms with Crippen LogP contribution in [0, 0.1) is 5.41 Å². The van der Waals surface area contributed by atoms with Crippen molar-refractivity contribution < 1.29 is 13.2 Å². The zero-order valence-electron chi connectivity index (χ0n) is 11.5. The Balaban J connectivity index is 2.82. The summed E-state index contributed by atoms with van der Waals surface area (Å²) in [5.41, 5.74) is 5.87. The Hall–Kier alpha value is -1.47. The number of amides is 1. The molecule has 1 atom stereocenters. The summed E-state index contributed by atoms with van der Waals surface area (Å²) in [5, 5.41) is 2.57. The monoisotopic (exact) mass is 285 g/mol. The van der Waals surface area contributed by atoms with Gasteiger partial charge in [-0.3, -0.25) is 4.79 Å². The lowest BCUT2D eigenvalue weighted by molar-refractivity contribution is -0.119. The Bertz CT molecular complexity index is 559. The van der Waals surface area contributed by atoms with Crippen molar-refractivity contribution in [1.29, 1.82) is 0 Å². The average molecular weight is 285 g/mol. The number of rotatable bonds is 3. The predicted molar refractivity (Wildman–Crippen MR) is 73.4 cm³/mol. The van der Waals surface area contributed by atoms with Gasteiger partial charge >= 0.3 is 0 Å². The molecule has 0 saturated heterocycles. The van der Waals surface area contributed by atoms with Gasteiger partial charge in [-0.1, -0.05) is 20.8 Å². The van der Waals surface area contributed by atoms with Crippen LogP contribution in [-0.2, 0) is 14.6 Å². The second-order valence-electron chi connectivity index (χ2n) is 5.49. The summed E-state index contributed by atoms with van der Waals surface area (Å²) in [6.45, 7) is 5.59. The molecule has 1 rings (SSSR count). The van der Waals surface area contributed by atoms with Crippen molar-refractivity contribution in [2.24, 2.45) is 11.1 Å². The Morgan fingerprint density at radius 1 is 1.37 bits per heavy atom. The third-order valence-corrected chi connectivity index (χ3v) is 3.60. The van der Waals surface area contributed by atoms with Crippen molar-refractivity contribution >= 4 is 21.4 Å². The molecule has 1 aromatic rings. The fraction of sp³-hybridized carbons (Fsp3) is 0.500. The van der Waals surface area contributed by atoms with Crippen LogP contribution < -0.4 is 11.1 Å². The molecule has 1 heterocycles. The van der Waals surface area contributed by atoms with Gasteiger partial charge in [0.2, 0.25) is 5.91 Å². The number of nitrogens with one attached hydrogen (secondary N) is 1. The highest BCUT2D eigenvalue weighted by Gasteiger charge is 2.27. The first-order valence-corrected chi connectivity index (χ1v) is 7.63. The van der Waals surface area contributed by atoms with E-state index in [-0.39, 0.29) is 16.3 Å². The van der Waals surface area contributed by atoms with E-state index in [1.807, 2.05) is 20.8 Å². The normalized spacial score (nSPS) is 13.9. The van der Waals surface area contributed by atoms with Crippen LogP contribution in [0.5, 0.6) is 0 Å². The molecule has 3 N–H and O–H groups in total. The molecule has 0 bridgehead atoms. The molecule has 106 valence electrons. The van der Waals surface area contributed by atoms with Gasteiger partial charge in [0.15, 0.2) is 14.9 Å². The van der Waals surface area contributed by atoms with E-state index in [1.165, 1.54) is 18.3 Å². The molecule has 1 amide bonds. The van der Waals surface area contributed by atoms with Gasteiger partial charge in [-0.25, -0.2) is 13.4 Å². The molecule has 0 unspecified atom stereocenters. The summed E-state index contributed by atoms with van der Waals surface area (Å²) in [6, 6.07) is 2.16. The first-order chi connectivity index (χ1) is 8.51. The van der Waals surface area contributed by atoms with Gasteiger partial charge in [0.1, 0.15) is 0 Å². The zero-order valence-corrected chi connectivity index (χ0v) is 12.3. The minimum Gasteiger partial charge on any atom is -0.323 e. The van der Waals surface area contributed by atoms with Crippen LogP contribution in [0.4, 0.5) is 5.69 Å². The van der Waals surface area contributed by atoms with E-state index in [2.05, 4.69) is 10.3 Å². The zero-order chi connectivity index (χ0) is 14.8. The van der Waals surface area contributed by atoms with Crippen LogP contribution in [0.1, 0.15) is 20.8 Å². The van der Waals surface area contributed by atoms with Gasteiger partial charge < -0.3 is 11.1 Å². The molecule has 0 radical (unpaired) electrons. The number of hydrogen-bond donors (Lipinski definition) is 2. The number of sulfone groups is 1. The van der Waals surface area contributed by atoms with Crippen LogP contribution in [0.15, 0.2) is 23.4 Å². The first kappa shape index (κ1) is 15.6. The van der Waals surface area contributed by atoms with Crippen LogP contribution in [0.25, 0.3) is 0 Å². The number of pyridine rings is 1. The van der Waals surface area contributed by atoms with Gasteiger partial charge in [0, 0.05) is 6.26 Å². The van der Waals surface area contributed by atoms with E-state index in [0.717, 1.165) is 6.26 Å². The molecule has 1 aromatic heterocycles. The summed E-state index contributed by atoms with van der Waals surface area (Å²) in [4.78, 5) is 15.6. The number of hydrogen-bond acceptors (Lipinski definition) is 5. The Morgan fingerprint density at radius 2 is 1.95 bits per heavy atom. The van der Waals surface area contributed by atoms with Crippen molar-refractivity contribution in [3.8, 4) is 0 Å². The van der Waals surface area contributed by atoms with Crippen LogP contribution in [0.3, 0.4) is 0 Å². The standard InChI is InChI=1S/C12H19N3O3S/c1-12(2,3)10(13)11(16)15-8-5-6-9(14-7-8)19(4,17)18/h5-7,10H,13H2,1-4H3,(H,15,16)/t10-/m1/s1. The maximum absolute atomic E-state index is 11.9. The molecule has 0 aliphatic heterocycles. The van der Waals surface area contributed by atoms with Crippen LogP contribution in [-0.4, -0.2) is 31.6 Å². The van der Waals surface area contributed by atoms with E-state index in [1.54, 1.807) is 0 Å². The van der Waals surface area contributed by atoms with Gasteiger partial charge in [0.25, 0.3) is 0 Å². The predicted octanol–water partition coefficient (Wildman–Crippen LogP) is 0.797. The number of carbonyl (C=O) groups is 1. The fourth-order valence-corrected chi connectivity index (χ4v) is 1.85. The Labute approximate surface area is 113 Å². The number of nitrogens with zero attached hydrogens (tertiary/aromatic N) is 1. The molecular formula is C12H19N3O3S. The van der Waals surface area contributed by atoms with Gasteiger partial charge in [-0.2, -0.15) is 0 Å². The topological polar surface area (TPSA) is 102 Å². The molecular weight excluding hydrogens is 266 g/mol. The number of nitrogens with two attached hydrogens (primary N) is 1. The number of carbonyl (C=O) groups excluding carboxylic acids is 1. The van der Waals surface area contributed by atoms with E-state index >= 15 is 0 Å². The molecule has 7 heteroatoms. The third-order valence-electron chi connectivity index (χ3n) is 2.60. The second-order valence-corrected chi connectivity index (χ2v) is 7.45. The maximum Gasteiger partial charge on any atom is 0.241 e. The van der Waals surface area contributed by atoms with Crippen molar-refractivity contribution in [1.82, 2.24) is 4.98 Å². The summed E-state index contributed by atoms with van der Waals surface area (Å²) >= 11 is 0. The smallest absolute Gasteiger partial charge is 0.241 e. The highest BCUT2D eigenvalue weighted by molar-refractivity contribution is 7.90. The van der Waals surface area contributed by atoms with Crippen LogP contribution >= 0.6 is 0 Å². The SMILES string of the molecule is CC(C)(C)[C@H](N)C(=O)Nc1ccc(S(C)(=O)=O)nc1. The van der Waals surface area contributed by atoms with E-state index < -0.39 is 15.9 Å². The quantitative estimate of drug-likeness (QED) is 0.855. The highest BCUT2D eigenvalue weighted by atomic mass is 32.2. The van der Waals surface area contributed by atoms with E-state index in [0.29, 0.717) is 5.69 Å². The minimum atomic E-state index is -3.34. The molecule has 0 aromatic carbocycles. The molecule has 0 aliphatic carbocycles. The molecule has 0 spiro atoms. The lowest BCUT2D eigenvalue weighted by Crippen LogP contribution is -2.45. The lowest BCUT2D eigenvalue weighted by Gasteiger charge is -2.25. The van der Waals surface area contributed by atoms with Crippen molar-refractivity contribution in [3.05, 3.63) is 18.3 Å². The summed E-state index contributed by atoms with van der Waals surface area (Å²) in [5.74, 6) is -0.332. The molecule has 19 heavy (non-hydrogen) atoms. The molecule has 0 aliphatic rings. The largest absolute Gasteiger partial charge is 0.323 e. The minimum absolute atomic E-state index is 0.0365. The van der Waals surface area contributed by atoms with Crippen LogP contribution in [0.2, 0.25) is 0 Å². The van der Waals surface area contributed by atoms with Gasteiger partial charge in [0.05, 0.1) is 17.9 Å². The summed E-state index contributed by atoms with van der Waals surface area (Å²) < 4.78 is 22.5. The highest BCUT2D eigenvalue weighted by Crippen LogP contribution is 2.19. The van der Waals surface area contributed by atoms with Gasteiger partial charge in [-0.15, -0.1) is 0 Å². The van der Waals surface area contributed by atoms with Crippen molar-refractivity contribution in [2.75, 3.05) is 11.6 Å². The van der Waals surface area contributed by atoms with Gasteiger partial charge in [-0.05, 0) is 17.5 Å². The first-order valence-electron chi connectivity index (χ1n) is 5.74. The van der Waals surface area contributed by atoms with E-state index in [4.69, 9.17) is 5.73 Å². The van der Waals surface area contributed by atoms with Crippen molar-refractivity contribution in [3.63, 3.8) is 0 Å². The maximum atomic E-state index is 11.9. The Morgan fingerprint density at radius 3 is 2.32 bits per heavy atom.